The quantitative estimate of drug-likeness (QED) is 0.656. The monoisotopic (exact) mass is 320 g/mol. The van der Waals surface area contributed by atoms with Crippen molar-refractivity contribution >= 4 is 23.3 Å². The second-order valence-corrected chi connectivity index (χ2v) is 5.67. The summed E-state index contributed by atoms with van der Waals surface area (Å²) in [5.41, 5.74) is 2.03. The van der Waals surface area contributed by atoms with Gasteiger partial charge in [0.2, 0.25) is 0 Å². The zero-order chi connectivity index (χ0) is 16.3. The molecule has 0 saturated heterocycles. The lowest BCUT2D eigenvalue weighted by Crippen LogP contribution is -2.45. The molecule has 1 aliphatic rings. The van der Waals surface area contributed by atoms with Crippen molar-refractivity contribution in [1.29, 1.82) is 0 Å². The van der Waals surface area contributed by atoms with E-state index in [0.717, 1.165) is 5.56 Å². The summed E-state index contributed by atoms with van der Waals surface area (Å²) in [4.78, 5) is 12.5. The lowest BCUT2D eigenvalue weighted by molar-refractivity contribution is -0.143. The Morgan fingerprint density at radius 3 is 2.64 bits per heavy atom. The van der Waals surface area contributed by atoms with Crippen molar-refractivity contribution < 1.29 is 14.3 Å². The molecular weight excluding hydrogens is 300 g/mol. The number of nitrogens with one attached hydrogen (secondary N) is 2. The van der Waals surface area contributed by atoms with Crippen LogP contribution < -0.4 is 15.4 Å². The Kier molecular flexibility index (Phi) is 5.03. The molecule has 0 fully saturated rings. The number of ether oxygens (including phenoxy) is 2. The lowest BCUT2D eigenvalue weighted by Gasteiger charge is -2.31. The molecule has 0 aliphatic carbocycles. The summed E-state index contributed by atoms with van der Waals surface area (Å²) in [5, 5.41) is 6.57. The molecule has 2 rings (SSSR count). The van der Waals surface area contributed by atoms with Gasteiger partial charge in [0.25, 0.3) is 0 Å². The molecule has 118 valence electrons. The minimum atomic E-state index is -0.406. The summed E-state index contributed by atoms with van der Waals surface area (Å²) in [7, 11) is 1.60. The zero-order valence-electron chi connectivity index (χ0n) is 13.1. The molecule has 0 amide bonds. The van der Waals surface area contributed by atoms with Crippen LogP contribution in [-0.2, 0) is 9.53 Å². The first-order valence-corrected chi connectivity index (χ1v) is 7.47. The molecule has 1 atom stereocenters. The number of esters is 1. The molecule has 2 N–H and O–H groups in total. The number of hydrogen-bond acceptors (Lipinski definition) is 4. The van der Waals surface area contributed by atoms with Crippen molar-refractivity contribution in [2.75, 3.05) is 7.11 Å². The summed E-state index contributed by atoms with van der Waals surface area (Å²) in [6.07, 6.45) is -0.194. The number of carbonyl (C=O) groups is 1. The maximum Gasteiger partial charge on any atom is 0.338 e. The van der Waals surface area contributed by atoms with E-state index >= 15 is 0 Å². The molecule has 1 heterocycles. The van der Waals surface area contributed by atoms with Gasteiger partial charge in [0, 0.05) is 11.3 Å². The number of hydrogen-bond donors (Lipinski definition) is 2. The largest absolute Gasteiger partial charge is 0.496 e. The van der Waals surface area contributed by atoms with Crippen LogP contribution in [0.25, 0.3) is 0 Å². The highest BCUT2D eigenvalue weighted by Crippen LogP contribution is 2.33. The van der Waals surface area contributed by atoms with Gasteiger partial charge in [-0.25, -0.2) is 4.79 Å². The Bertz CT molecular complexity index is 626. The Balaban J connectivity index is 2.48. The van der Waals surface area contributed by atoms with Gasteiger partial charge < -0.3 is 20.1 Å². The summed E-state index contributed by atoms with van der Waals surface area (Å²) in [5.74, 6) is 0.318. The molecule has 0 aromatic heterocycles. The Labute approximate surface area is 135 Å². The fourth-order valence-corrected chi connectivity index (χ4v) is 2.65. The predicted octanol–water partition coefficient (Wildman–Crippen LogP) is 2.44. The molecule has 22 heavy (non-hydrogen) atoms. The van der Waals surface area contributed by atoms with E-state index in [2.05, 4.69) is 10.6 Å². The van der Waals surface area contributed by atoms with E-state index in [4.69, 9.17) is 21.7 Å². The average Bonchev–Trinajstić information content (AvgIpc) is 2.45. The van der Waals surface area contributed by atoms with E-state index in [1.54, 1.807) is 7.11 Å². The summed E-state index contributed by atoms with van der Waals surface area (Å²) >= 11 is 5.22. The van der Waals surface area contributed by atoms with Crippen molar-refractivity contribution in [1.82, 2.24) is 10.6 Å². The van der Waals surface area contributed by atoms with Gasteiger partial charge in [-0.05, 0) is 39.1 Å². The fourth-order valence-electron chi connectivity index (χ4n) is 2.38. The number of rotatable bonds is 4. The first-order chi connectivity index (χ1) is 10.4. The standard InChI is InChI=1S/C16H20N2O3S/c1-9(2)21-15(19)13-10(3)17-16(22)18-14(13)11-7-5-6-8-12(11)20-4/h5-9,14H,1-4H3,(H2,17,18,22)/t14-/m0/s1. The molecule has 0 saturated carbocycles. The molecule has 6 heteroatoms. The van der Waals surface area contributed by atoms with Gasteiger partial charge in [-0.2, -0.15) is 0 Å². The number of carbonyl (C=O) groups excluding carboxylic acids is 1. The van der Waals surface area contributed by atoms with E-state index in [1.807, 2.05) is 45.0 Å². The lowest BCUT2D eigenvalue weighted by atomic mass is 9.95. The van der Waals surface area contributed by atoms with Gasteiger partial charge in [-0.3, -0.25) is 0 Å². The van der Waals surface area contributed by atoms with Gasteiger partial charge in [0.1, 0.15) is 5.75 Å². The number of methoxy groups -OCH3 is 1. The molecular formula is C16H20N2O3S. The van der Waals surface area contributed by atoms with Crippen LogP contribution >= 0.6 is 12.2 Å². The number of para-hydroxylation sites is 1. The van der Waals surface area contributed by atoms with Crippen molar-refractivity contribution in [2.45, 2.75) is 32.9 Å². The third-order valence-electron chi connectivity index (χ3n) is 3.28. The molecule has 0 spiro atoms. The number of benzene rings is 1. The van der Waals surface area contributed by atoms with Crippen LogP contribution in [0, 0.1) is 0 Å². The van der Waals surface area contributed by atoms with E-state index in [9.17, 15) is 4.79 Å². The van der Waals surface area contributed by atoms with Crippen LogP contribution in [0.15, 0.2) is 35.5 Å². The van der Waals surface area contributed by atoms with Crippen LogP contribution in [0.4, 0.5) is 0 Å². The van der Waals surface area contributed by atoms with Crippen molar-refractivity contribution in [3.63, 3.8) is 0 Å². The molecule has 1 aliphatic heterocycles. The highest BCUT2D eigenvalue weighted by molar-refractivity contribution is 7.80. The van der Waals surface area contributed by atoms with E-state index in [-0.39, 0.29) is 12.1 Å². The summed E-state index contributed by atoms with van der Waals surface area (Å²) in [6, 6.07) is 7.12. The molecule has 0 unspecified atom stereocenters. The normalized spacial score (nSPS) is 17.9. The van der Waals surface area contributed by atoms with Gasteiger partial charge in [-0.1, -0.05) is 18.2 Å². The maximum absolute atomic E-state index is 12.5. The molecule has 1 aromatic carbocycles. The van der Waals surface area contributed by atoms with Crippen LogP contribution in [0.1, 0.15) is 32.4 Å². The first kappa shape index (κ1) is 16.3. The molecule has 1 aromatic rings. The minimum Gasteiger partial charge on any atom is -0.496 e. The van der Waals surface area contributed by atoms with E-state index < -0.39 is 6.04 Å². The first-order valence-electron chi connectivity index (χ1n) is 7.06. The zero-order valence-corrected chi connectivity index (χ0v) is 13.9. The van der Waals surface area contributed by atoms with Crippen LogP contribution in [0.5, 0.6) is 5.75 Å². The van der Waals surface area contributed by atoms with Crippen LogP contribution in [0.2, 0.25) is 0 Å². The van der Waals surface area contributed by atoms with Gasteiger partial charge in [-0.15, -0.1) is 0 Å². The highest BCUT2D eigenvalue weighted by Gasteiger charge is 2.32. The van der Waals surface area contributed by atoms with Crippen molar-refractivity contribution in [3.05, 3.63) is 41.1 Å². The average molecular weight is 320 g/mol. The summed E-state index contributed by atoms with van der Waals surface area (Å²) < 4.78 is 10.8. The minimum absolute atomic E-state index is 0.194. The Morgan fingerprint density at radius 2 is 2.00 bits per heavy atom. The highest BCUT2D eigenvalue weighted by atomic mass is 32.1. The second-order valence-electron chi connectivity index (χ2n) is 5.27. The third kappa shape index (κ3) is 3.39. The smallest absolute Gasteiger partial charge is 0.338 e. The van der Waals surface area contributed by atoms with Crippen molar-refractivity contribution in [2.24, 2.45) is 0 Å². The second kappa shape index (κ2) is 6.79. The topological polar surface area (TPSA) is 59.6 Å². The van der Waals surface area contributed by atoms with Crippen molar-refractivity contribution in [3.8, 4) is 5.75 Å². The SMILES string of the molecule is COc1ccccc1[C@@H]1NC(=S)NC(C)=C1C(=O)OC(C)C. The third-order valence-corrected chi connectivity index (χ3v) is 3.50. The molecule has 5 nitrogen and oxygen atoms in total. The maximum atomic E-state index is 12.5. The number of allylic oxidation sites excluding steroid dienone is 1. The molecule has 0 bridgehead atoms. The van der Waals surface area contributed by atoms with E-state index in [0.29, 0.717) is 22.1 Å². The van der Waals surface area contributed by atoms with E-state index in [1.165, 1.54) is 0 Å². The van der Waals surface area contributed by atoms with Gasteiger partial charge >= 0.3 is 5.97 Å². The Hall–Kier alpha value is -2.08. The predicted molar refractivity (Wildman–Crippen MR) is 88.5 cm³/mol. The van der Waals surface area contributed by atoms with Crippen LogP contribution in [-0.4, -0.2) is 24.3 Å². The van der Waals surface area contributed by atoms with Gasteiger partial charge in [0.15, 0.2) is 5.11 Å². The summed E-state index contributed by atoms with van der Waals surface area (Å²) in [6.45, 7) is 5.45. The van der Waals surface area contributed by atoms with Crippen LogP contribution in [0.3, 0.4) is 0 Å². The number of thiocarbonyl (C=S) groups is 1. The van der Waals surface area contributed by atoms with Gasteiger partial charge in [0.05, 0.1) is 24.8 Å². The fraction of sp³-hybridized carbons (Fsp3) is 0.375. The Morgan fingerprint density at radius 1 is 1.32 bits per heavy atom. The molecule has 0 radical (unpaired) electrons.